The molecule has 3 N–H and O–H groups in total. The van der Waals surface area contributed by atoms with Crippen LogP contribution < -0.4 is 15.8 Å². The summed E-state index contributed by atoms with van der Waals surface area (Å²) in [6.45, 7) is 1.17. The molecule has 1 aliphatic rings. The van der Waals surface area contributed by atoms with Crippen molar-refractivity contribution < 1.29 is 9.53 Å². The van der Waals surface area contributed by atoms with Gasteiger partial charge in [-0.15, -0.1) is 0 Å². The zero-order valence-electron chi connectivity index (χ0n) is 14.7. The van der Waals surface area contributed by atoms with Crippen molar-refractivity contribution in [2.45, 2.75) is 25.8 Å². The number of carbonyl (C=O) groups is 1. The fourth-order valence-electron chi connectivity index (χ4n) is 3.60. The van der Waals surface area contributed by atoms with Gasteiger partial charge in [0, 0.05) is 12.5 Å². The van der Waals surface area contributed by atoms with Crippen LogP contribution in [-0.4, -0.2) is 19.6 Å². The van der Waals surface area contributed by atoms with E-state index in [4.69, 9.17) is 10.5 Å². The summed E-state index contributed by atoms with van der Waals surface area (Å²) in [5.74, 6) is 1.42. The second-order valence-electron chi connectivity index (χ2n) is 6.68. The molecule has 3 rings (SSSR count). The van der Waals surface area contributed by atoms with E-state index in [-0.39, 0.29) is 11.8 Å². The summed E-state index contributed by atoms with van der Waals surface area (Å²) in [5, 5.41) is 3.07. The number of carbonyl (C=O) groups excluding carboxylic acids is 1. The molecule has 25 heavy (non-hydrogen) atoms. The Morgan fingerprint density at radius 1 is 1.16 bits per heavy atom. The standard InChI is InChI=1S/C21H26N2O2/c1-25-19-6-2-4-17(12-19)16-10-8-15(9-11-16)14-23-21(24)20-7-3-5-18(20)13-22/h2,4,6,8-12,18,20H,3,5,7,13-14,22H2,1H3,(H,23,24)/t18-,20-/m1/s1. The Kier molecular flexibility index (Phi) is 5.71. The fraction of sp³-hybridized carbons (Fsp3) is 0.381. The molecule has 1 fully saturated rings. The molecule has 1 amide bonds. The van der Waals surface area contributed by atoms with Crippen LogP contribution in [0.3, 0.4) is 0 Å². The predicted molar refractivity (Wildman–Crippen MR) is 100 cm³/mol. The zero-order valence-corrected chi connectivity index (χ0v) is 14.7. The zero-order chi connectivity index (χ0) is 17.6. The van der Waals surface area contributed by atoms with Crippen LogP contribution in [-0.2, 0) is 11.3 Å². The van der Waals surface area contributed by atoms with E-state index >= 15 is 0 Å². The minimum absolute atomic E-state index is 0.0843. The van der Waals surface area contributed by atoms with Gasteiger partial charge in [-0.1, -0.05) is 42.8 Å². The quantitative estimate of drug-likeness (QED) is 0.849. The van der Waals surface area contributed by atoms with Crippen molar-refractivity contribution in [1.29, 1.82) is 0 Å². The van der Waals surface area contributed by atoms with Gasteiger partial charge >= 0.3 is 0 Å². The van der Waals surface area contributed by atoms with Gasteiger partial charge in [0.1, 0.15) is 5.75 Å². The number of rotatable bonds is 6. The van der Waals surface area contributed by atoms with Crippen LogP contribution in [0.4, 0.5) is 0 Å². The fourth-order valence-corrected chi connectivity index (χ4v) is 3.60. The van der Waals surface area contributed by atoms with Gasteiger partial charge in [-0.2, -0.15) is 0 Å². The van der Waals surface area contributed by atoms with Crippen LogP contribution in [0.2, 0.25) is 0 Å². The Morgan fingerprint density at radius 2 is 1.96 bits per heavy atom. The highest BCUT2D eigenvalue weighted by molar-refractivity contribution is 5.79. The largest absolute Gasteiger partial charge is 0.497 e. The van der Waals surface area contributed by atoms with Gasteiger partial charge in [0.15, 0.2) is 0 Å². The second-order valence-corrected chi connectivity index (χ2v) is 6.68. The molecular formula is C21H26N2O2. The maximum Gasteiger partial charge on any atom is 0.223 e. The highest BCUT2D eigenvalue weighted by Crippen LogP contribution is 2.31. The van der Waals surface area contributed by atoms with Crippen LogP contribution in [0, 0.1) is 11.8 Å². The molecule has 2 aromatic carbocycles. The maximum atomic E-state index is 12.4. The van der Waals surface area contributed by atoms with Gasteiger partial charge in [0.2, 0.25) is 5.91 Å². The molecule has 0 spiro atoms. The van der Waals surface area contributed by atoms with Crippen LogP contribution in [0.5, 0.6) is 5.75 Å². The topological polar surface area (TPSA) is 64.3 Å². The average Bonchev–Trinajstić information content (AvgIpc) is 3.15. The third-order valence-corrected chi connectivity index (χ3v) is 5.12. The second kappa shape index (κ2) is 8.17. The number of benzene rings is 2. The van der Waals surface area contributed by atoms with E-state index in [0.29, 0.717) is 19.0 Å². The Labute approximate surface area is 149 Å². The van der Waals surface area contributed by atoms with Gasteiger partial charge < -0.3 is 15.8 Å². The lowest BCUT2D eigenvalue weighted by Gasteiger charge is -2.17. The lowest BCUT2D eigenvalue weighted by atomic mass is 9.95. The summed E-state index contributed by atoms with van der Waals surface area (Å²) in [6.07, 6.45) is 3.14. The number of nitrogens with one attached hydrogen (secondary N) is 1. The first-order valence-electron chi connectivity index (χ1n) is 8.92. The molecule has 1 saturated carbocycles. The van der Waals surface area contributed by atoms with Crippen molar-refractivity contribution in [3.8, 4) is 16.9 Å². The first-order valence-corrected chi connectivity index (χ1v) is 8.92. The van der Waals surface area contributed by atoms with Crippen molar-refractivity contribution in [2.24, 2.45) is 17.6 Å². The highest BCUT2D eigenvalue weighted by Gasteiger charge is 2.31. The van der Waals surface area contributed by atoms with E-state index in [9.17, 15) is 4.79 Å². The van der Waals surface area contributed by atoms with Crippen molar-refractivity contribution >= 4 is 5.91 Å². The van der Waals surface area contributed by atoms with Crippen molar-refractivity contribution in [3.05, 3.63) is 54.1 Å². The molecule has 4 nitrogen and oxygen atoms in total. The van der Waals surface area contributed by atoms with E-state index in [2.05, 4.69) is 35.6 Å². The van der Waals surface area contributed by atoms with Gasteiger partial charge in [0.05, 0.1) is 7.11 Å². The molecule has 1 aliphatic carbocycles. The van der Waals surface area contributed by atoms with Crippen LogP contribution in [0.15, 0.2) is 48.5 Å². The van der Waals surface area contributed by atoms with Gasteiger partial charge in [-0.3, -0.25) is 4.79 Å². The number of amides is 1. The molecule has 132 valence electrons. The molecular weight excluding hydrogens is 312 g/mol. The average molecular weight is 338 g/mol. The summed E-state index contributed by atoms with van der Waals surface area (Å²) in [6, 6.07) is 16.3. The first kappa shape index (κ1) is 17.5. The van der Waals surface area contributed by atoms with E-state index < -0.39 is 0 Å². The number of nitrogens with two attached hydrogens (primary N) is 1. The van der Waals surface area contributed by atoms with E-state index in [0.717, 1.165) is 41.7 Å². The summed E-state index contributed by atoms with van der Waals surface area (Å²) < 4.78 is 5.28. The number of ether oxygens (including phenoxy) is 1. The number of hydrogen-bond acceptors (Lipinski definition) is 3. The predicted octanol–water partition coefficient (Wildman–Crippen LogP) is 3.35. The minimum atomic E-state index is 0.0843. The summed E-state index contributed by atoms with van der Waals surface area (Å²) in [7, 11) is 1.67. The molecule has 0 heterocycles. The molecule has 2 atom stereocenters. The van der Waals surface area contributed by atoms with Gasteiger partial charge in [-0.05, 0) is 54.1 Å². The molecule has 0 unspecified atom stereocenters. The van der Waals surface area contributed by atoms with Gasteiger partial charge in [-0.25, -0.2) is 0 Å². The summed E-state index contributed by atoms with van der Waals surface area (Å²) in [5.41, 5.74) is 9.12. The van der Waals surface area contributed by atoms with Crippen LogP contribution in [0.1, 0.15) is 24.8 Å². The van der Waals surface area contributed by atoms with Crippen LogP contribution >= 0.6 is 0 Å². The van der Waals surface area contributed by atoms with Crippen molar-refractivity contribution in [3.63, 3.8) is 0 Å². The first-order chi connectivity index (χ1) is 12.2. The Hall–Kier alpha value is -2.33. The molecule has 0 saturated heterocycles. The van der Waals surface area contributed by atoms with Crippen molar-refractivity contribution in [1.82, 2.24) is 5.32 Å². The number of hydrogen-bond donors (Lipinski definition) is 2. The molecule has 2 aromatic rings. The molecule has 0 aromatic heterocycles. The normalized spacial score (nSPS) is 19.6. The third kappa shape index (κ3) is 4.20. The van der Waals surface area contributed by atoms with E-state index in [1.54, 1.807) is 7.11 Å². The van der Waals surface area contributed by atoms with E-state index in [1.165, 1.54) is 0 Å². The third-order valence-electron chi connectivity index (χ3n) is 5.12. The smallest absolute Gasteiger partial charge is 0.223 e. The molecule has 0 radical (unpaired) electrons. The highest BCUT2D eigenvalue weighted by atomic mass is 16.5. The molecule has 4 heteroatoms. The SMILES string of the molecule is COc1cccc(-c2ccc(CNC(=O)[C@@H]3CCC[C@@H]3CN)cc2)c1. The Bertz CT molecular complexity index is 712. The van der Waals surface area contributed by atoms with E-state index in [1.807, 2.05) is 18.2 Å². The Balaban J connectivity index is 1.60. The lowest BCUT2D eigenvalue weighted by molar-refractivity contribution is -0.126. The minimum Gasteiger partial charge on any atom is -0.497 e. The maximum absolute atomic E-state index is 12.4. The molecule has 0 aliphatic heterocycles. The summed E-state index contributed by atoms with van der Waals surface area (Å²) >= 11 is 0. The van der Waals surface area contributed by atoms with Crippen LogP contribution in [0.25, 0.3) is 11.1 Å². The summed E-state index contributed by atoms with van der Waals surface area (Å²) in [4.78, 5) is 12.4. The lowest BCUT2D eigenvalue weighted by Crippen LogP contribution is -2.34. The van der Waals surface area contributed by atoms with Gasteiger partial charge in [0.25, 0.3) is 0 Å². The monoisotopic (exact) mass is 338 g/mol. The van der Waals surface area contributed by atoms with Crippen molar-refractivity contribution in [2.75, 3.05) is 13.7 Å². The number of methoxy groups -OCH3 is 1. The Morgan fingerprint density at radius 3 is 2.68 bits per heavy atom. The molecule has 0 bridgehead atoms.